The van der Waals surface area contributed by atoms with Crippen molar-refractivity contribution in [1.82, 2.24) is 9.21 Å². The lowest BCUT2D eigenvalue weighted by atomic mass is 10.1. The Morgan fingerprint density at radius 2 is 1.61 bits per heavy atom. The van der Waals surface area contributed by atoms with Crippen LogP contribution >= 0.6 is 0 Å². The third-order valence-corrected chi connectivity index (χ3v) is 8.81. The molecule has 8 nitrogen and oxygen atoms in total. The van der Waals surface area contributed by atoms with E-state index in [9.17, 15) is 22.4 Å². The predicted octanol–water partition coefficient (Wildman–Crippen LogP) is 3.79. The van der Waals surface area contributed by atoms with Gasteiger partial charge in [0.05, 0.1) is 11.4 Å². The fourth-order valence-corrected chi connectivity index (χ4v) is 6.43. The minimum absolute atomic E-state index is 0.320. The number of amides is 3. The van der Waals surface area contributed by atoms with E-state index in [2.05, 4.69) is 30.0 Å². The van der Waals surface area contributed by atoms with Gasteiger partial charge in [0.15, 0.2) is 0 Å². The summed E-state index contributed by atoms with van der Waals surface area (Å²) in [5, 5.41) is 0. The van der Waals surface area contributed by atoms with Crippen LogP contribution < -0.4 is 9.80 Å². The van der Waals surface area contributed by atoms with Gasteiger partial charge in [-0.2, -0.15) is 0 Å². The zero-order chi connectivity index (χ0) is 27.0. The molecule has 2 saturated heterocycles. The zero-order valence-corrected chi connectivity index (χ0v) is 22.1. The Labute approximate surface area is 221 Å². The number of nitrogens with zero attached hydrogens (tertiary/aromatic N) is 4. The smallest absolute Gasteiger partial charge is 0.339 e. The Balaban J connectivity index is 1.40. The summed E-state index contributed by atoms with van der Waals surface area (Å²) in [6.45, 7) is 5.86. The van der Waals surface area contributed by atoms with Gasteiger partial charge in [0.1, 0.15) is 11.9 Å². The van der Waals surface area contributed by atoms with E-state index >= 15 is 0 Å². The molecule has 0 N–H and O–H groups in total. The first-order chi connectivity index (χ1) is 18.2. The Hall–Kier alpha value is -3.92. The largest absolute Gasteiger partial charge is 0.368 e. The molecule has 0 radical (unpaired) electrons. The van der Waals surface area contributed by atoms with Gasteiger partial charge in [0.25, 0.3) is 10.0 Å². The molecule has 1 atom stereocenters. The summed E-state index contributed by atoms with van der Waals surface area (Å²) in [5.74, 6) is -1.05. The average molecular weight is 537 g/mol. The predicted molar refractivity (Wildman–Crippen MR) is 143 cm³/mol. The van der Waals surface area contributed by atoms with Gasteiger partial charge in [0, 0.05) is 37.6 Å². The molecule has 198 valence electrons. The first kappa shape index (κ1) is 25.7. The molecule has 2 fully saturated rings. The molecule has 1 unspecified atom stereocenters. The van der Waals surface area contributed by atoms with Crippen molar-refractivity contribution in [3.8, 4) is 0 Å². The Morgan fingerprint density at radius 3 is 2.29 bits per heavy atom. The lowest BCUT2D eigenvalue weighted by Gasteiger charge is -2.38. The molecule has 38 heavy (non-hydrogen) atoms. The van der Waals surface area contributed by atoms with E-state index in [1.165, 1.54) is 17.0 Å². The van der Waals surface area contributed by atoms with E-state index in [0.717, 1.165) is 28.9 Å². The number of anilines is 2. The molecule has 0 bridgehead atoms. The quantitative estimate of drug-likeness (QED) is 0.496. The van der Waals surface area contributed by atoms with Crippen LogP contribution in [0.3, 0.4) is 0 Å². The van der Waals surface area contributed by atoms with E-state index < -0.39 is 27.9 Å². The normalized spacial score (nSPS) is 18.3. The van der Waals surface area contributed by atoms with Gasteiger partial charge in [-0.05, 0) is 61.4 Å². The van der Waals surface area contributed by atoms with Crippen molar-refractivity contribution < 1.29 is 22.4 Å². The van der Waals surface area contributed by atoms with Crippen molar-refractivity contribution in [2.45, 2.75) is 24.8 Å². The van der Waals surface area contributed by atoms with Gasteiger partial charge < -0.3 is 9.80 Å². The van der Waals surface area contributed by atoms with Crippen molar-refractivity contribution in [2.75, 3.05) is 42.5 Å². The number of carbonyl (C=O) groups is 2. The standard InChI is InChI=1S/C28H29FN4O4S/c1-20-11-12-21(2)25(17-20)30-13-15-31(16-14-30)27(34)26-19-32(28(35)33(26)23-8-4-3-5-9-23)38(36,37)24-10-6-7-22(29)18-24/h3-12,17-18,26H,13-16,19H2,1-2H3. The molecule has 0 spiro atoms. The van der Waals surface area contributed by atoms with E-state index in [1.54, 1.807) is 35.2 Å². The molecule has 5 rings (SSSR count). The highest BCUT2D eigenvalue weighted by molar-refractivity contribution is 7.89. The molecule has 10 heteroatoms. The number of sulfonamides is 1. The number of aryl methyl sites for hydroxylation is 2. The van der Waals surface area contributed by atoms with Crippen molar-refractivity contribution in [3.05, 3.63) is 89.7 Å². The Kier molecular flexibility index (Phi) is 6.83. The highest BCUT2D eigenvalue weighted by Crippen LogP contribution is 2.31. The number of hydrogen-bond donors (Lipinski definition) is 0. The monoisotopic (exact) mass is 536 g/mol. The Bertz CT molecular complexity index is 1470. The minimum Gasteiger partial charge on any atom is -0.368 e. The summed E-state index contributed by atoms with van der Waals surface area (Å²) in [6.07, 6.45) is 0. The van der Waals surface area contributed by atoms with Crippen molar-refractivity contribution in [1.29, 1.82) is 0 Å². The highest BCUT2D eigenvalue weighted by atomic mass is 32.2. The number of urea groups is 1. The molecule has 2 aliphatic heterocycles. The summed E-state index contributed by atoms with van der Waals surface area (Å²) >= 11 is 0. The first-order valence-electron chi connectivity index (χ1n) is 12.4. The number of halogens is 1. The fraction of sp³-hybridized carbons (Fsp3) is 0.286. The second kappa shape index (κ2) is 10.1. The van der Waals surface area contributed by atoms with Gasteiger partial charge >= 0.3 is 6.03 Å². The molecule has 0 saturated carbocycles. The average Bonchev–Trinajstić information content (AvgIpc) is 3.28. The zero-order valence-electron chi connectivity index (χ0n) is 21.2. The van der Waals surface area contributed by atoms with E-state index in [-0.39, 0.29) is 17.3 Å². The summed E-state index contributed by atoms with van der Waals surface area (Å²) in [7, 11) is -4.38. The summed E-state index contributed by atoms with van der Waals surface area (Å²) in [5.41, 5.74) is 3.87. The van der Waals surface area contributed by atoms with Crippen LogP contribution in [0.25, 0.3) is 0 Å². The topological polar surface area (TPSA) is 81.2 Å². The summed E-state index contributed by atoms with van der Waals surface area (Å²) < 4.78 is 41.2. The van der Waals surface area contributed by atoms with Gasteiger partial charge in [0.2, 0.25) is 5.91 Å². The van der Waals surface area contributed by atoms with Crippen molar-refractivity contribution in [2.24, 2.45) is 0 Å². The molecule has 3 amide bonds. The minimum atomic E-state index is -4.38. The third kappa shape index (κ3) is 4.71. The van der Waals surface area contributed by atoms with Gasteiger partial charge in [-0.1, -0.05) is 36.4 Å². The maximum atomic E-state index is 13.8. The maximum Gasteiger partial charge on any atom is 0.339 e. The van der Waals surface area contributed by atoms with Crippen LogP contribution in [0.5, 0.6) is 0 Å². The van der Waals surface area contributed by atoms with E-state index in [4.69, 9.17) is 0 Å². The first-order valence-corrected chi connectivity index (χ1v) is 13.9. The van der Waals surface area contributed by atoms with Crippen molar-refractivity contribution in [3.63, 3.8) is 0 Å². The van der Waals surface area contributed by atoms with Crippen LogP contribution in [0, 0.1) is 19.7 Å². The van der Waals surface area contributed by atoms with Gasteiger partial charge in [-0.15, -0.1) is 0 Å². The molecule has 2 heterocycles. The number of carbonyl (C=O) groups excluding carboxylic acids is 2. The summed E-state index contributed by atoms with van der Waals surface area (Å²) in [6, 6.07) is 17.4. The number of benzene rings is 3. The molecule has 3 aromatic rings. The van der Waals surface area contributed by atoms with Crippen molar-refractivity contribution >= 4 is 33.3 Å². The molecule has 2 aliphatic rings. The number of piperazine rings is 1. The van der Waals surface area contributed by atoms with Crippen LogP contribution in [0.15, 0.2) is 77.7 Å². The molecular formula is C28H29FN4O4S. The van der Waals surface area contributed by atoms with E-state index in [1.807, 2.05) is 6.92 Å². The van der Waals surface area contributed by atoms with Gasteiger partial charge in [-0.25, -0.2) is 21.9 Å². The number of rotatable bonds is 5. The second-order valence-electron chi connectivity index (χ2n) is 9.60. The molecular weight excluding hydrogens is 507 g/mol. The maximum absolute atomic E-state index is 13.8. The highest BCUT2D eigenvalue weighted by Gasteiger charge is 2.49. The van der Waals surface area contributed by atoms with Crippen LogP contribution in [0.1, 0.15) is 11.1 Å². The van der Waals surface area contributed by atoms with Gasteiger partial charge in [-0.3, -0.25) is 9.69 Å². The molecule has 0 aliphatic carbocycles. The van der Waals surface area contributed by atoms with Crippen LogP contribution in [0.2, 0.25) is 0 Å². The second-order valence-corrected chi connectivity index (χ2v) is 11.5. The lowest BCUT2D eigenvalue weighted by Crippen LogP contribution is -2.55. The van der Waals surface area contributed by atoms with Crippen LogP contribution in [-0.4, -0.2) is 68.3 Å². The SMILES string of the molecule is Cc1ccc(C)c(N2CCN(C(=O)C3CN(S(=O)(=O)c4cccc(F)c4)C(=O)N3c3ccccc3)CC2)c1. The lowest BCUT2D eigenvalue weighted by molar-refractivity contribution is -0.132. The third-order valence-electron chi connectivity index (χ3n) is 7.07. The van der Waals surface area contributed by atoms with Crippen LogP contribution in [-0.2, 0) is 14.8 Å². The number of hydrogen-bond acceptors (Lipinski definition) is 5. The molecule has 0 aromatic heterocycles. The molecule has 3 aromatic carbocycles. The Morgan fingerprint density at radius 1 is 0.895 bits per heavy atom. The van der Waals surface area contributed by atoms with Crippen LogP contribution in [0.4, 0.5) is 20.6 Å². The summed E-state index contributed by atoms with van der Waals surface area (Å²) in [4.78, 5) is 32.1. The van der Waals surface area contributed by atoms with E-state index in [0.29, 0.717) is 36.2 Å². The number of para-hydroxylation sites is 1. The fourth-order valence-electron chi connectivity index (χ4n) is 5.03.